The second-order valence-electron chi connectivity index (χ2n) is 5.15. The molecule has 1 aromatic rings. The van der Waals surface area contributed by atoms with E-state index in [1.54, 1.807) is 12.1 Å². The fraction of sp³-hybridized carbons (Fsp3) is 0.467. The van der Waals surface area contributed by atoms with Gasteiger partial charge in [-0.1, -0.05) is 50.1 Å². The minimum atomic E-state index is -0.456. The van der Waals surface area contributed by atoms with Crippen LogP contribution in [0.4, 0.5) is 5.69 Å². The van der Waals surface area contributed by atoms with Crippen LogP contribution >= 0.6 is 11.6 Å². The van der Waals surface area contributed by atoms with Gasteiger partial charge in [0.05, 0.1) is 4.92 Å². The van der Waals surface area contributed by atoms with Crippen molar-refractivity contribution in [3.63, 3.8) is 0 Å². The highest BCUT2D eigenvalue weighted by molar-refractivity contribution is 6.32. The van der Waals surface area contributed by atoms with Crippen molar-refractivity contribution < 1.29 is 4.92 Å². The van der Waals surface area contributed by atoms with Crippen LogP contribution in [-0.2, 0) is 0 Å². The lowest BCUT2D eigenvalue weighted by molar-refractivity contribution is -0.384. The van der Waals surface area contributed by atoms with E-state index in [1.807, 2.05) is 6.08 Å². The third-order valence-electron chi connectivity index (χ3n) is 2.90. The molecule has 4 nitrogen and oxygen atoms in total. The Bertz CT molecular complexity index is 499. The van der Waals surface area contributed by atoms with Gasteiger partial charge in [-0.15, -0.1) is 0 Å². The first-order valence-electron chi connectivity index (χ1n) is 6.78. The van der Waals surface area contributed by atoms with Crippen molar-refractivity contribution in [2.24, 2.45) is 5.92 Å². The van der Waals surface area contributed by atoms with Crippen LogP contribution in [0.1, 0.15) is 32.8 Å². The molecule has 1 rings (SSSR count). The SMILES string of the molecule is CCC(=Cc1ccc(Cl)c([N+](=O)[O-])c1)CNCC(C)C. The Kier molecular flexibility index (Phi) is 6.68. The number of benzene rings is 1. The zero-order chi connectivity index (χ0) is 15.1. The molecule has 0 aliphatic rings. The van der Waals surface area contributed by atoms with E-state index in [0.717, 1.165) is 25.1 Å². The van der Waals surface area contributed by atoms with Crippen LogP contribution in [0.3, 0.4) is 0 Å². The summed E-state index contributed by atoms with van der Waals surface area (Å²) in [5.74, 6) is 0.602. The summed E-state index contributed by atoms with van der Waals surface area (Å²) in [6.45, 7) is 8.15. The molecule has 0 atom stereocenters. The highest BCUT2D eigenvalue weighted by Gasteiger charge is 2.12. The van der Waals surface area contributed by atoms with Crippen LogP contribution in [0.5, 0.6) is 0 Å². The van der Waals surface area contributed by atoms with E-state index in [4.69, 9.17) is 11.6 Å². The molecule has 0 heterocycles. The van der Waals surface area contributed by atoms with Gasteiger partial charge in [-0.05, 0) is 30.5 Å². The maximum atomic E-state index is 10.9. The van der Waals surface area contributed by atoms with Gasteiger partial charge in [-0.3, -0.25) is 10.1 Å². The van der Waals surface area contributed by atoms with Crippen LogP contribution in [0.2, 0.25) is 5.02 Å². The molecular weight excluding hydrogens is 276 g/mol. The molecule has 0 saturated heterocycles. The first-order chi connectivity index (χ1) is 9.43. The van der Waals surface area contributed by atoms with E-state index in [9.17, 15) is 10.1 Å². The number of hydrogen-bond acceptors (Lipinski definition) is 3. The largest absolute Gasteiger partial charge is 0.313 e. The van der Waals surface area contributed by atoms with Crippen molar-refractivity contribution in [1.29, 1.82) is 0 Å². The number of nitro benzene ring substituents is 1. The van der Waals surface area contributed by atoms with Crippen LogP contribution in [0, 0.1) is 16.0 Å². The van der Waals surface area contributed by atoms with Crippen LogP contribution in [0.15, 0.2) is 23.8 Å². The Morgan fingerprint density at radius 1 is 1.50 bits per heavy atom. The van der Waals surface area contributed by atoms with Gasteiger partial charge in [-0.25, -0.2) is 0 Å². The zero-order valence-corrected chi connectivity index (χ0v) is 12.9. The van der Waals surface area contributed by atoms with Gasteiger partial charge < -0.3 is 5.32 Å². The summed E-state index contributed by atoms with van der Waals surface area (Å²) in [4.78, 5) is 10.4. The summed E-state index contributed by atoms with van der Waals surface area (Å²) in [7, 11) is 0. The van der Waals surface area contributed by atoms with Gasteiger partial charge in [0, 0.05) is 12.6 Å². The summed E-state index contributed by atoms with van der Waals surface area (Å²) >= 11 is 5.81. The smallest absolute Gasteiger partial charge is 0.288 e. The highest BCUT2D eigenvalue weighted by atomic mass is 35.5. The Morgan fingerprint density at radius 2 is 2.20 bits per heavy atom. The van der Waals surface area contributed by atoms with Crippen molar-refractivity contribution in [3.05, 3.63) is 44.5 Å². The maximum absolute atomic E-state index is 10.9. The van der Waals surface area contributed by atoms with Gasteiger partial charge in [0.25, 0.3) is 5.69 Å². The van der Waals surface area contributed by atoms with Gasteiger partial charge in [-0.2, -0.15) is 0 Å². The number of nitrogens with zero attached hydrogens (tertiary/aromatic N) is 1. The summed E-state index contributed by atoms with van der Waals surface area (Å²) in [6.07, 6.45) is 2.89. The zero-order valence-electron chi connectivity index (χ0n) is 12.1. The van der Waals surface area contributed by atoms with Gasteiger partial charge >= 0.3 is 0 Å². The maximum Gasteiger partial charge on any atom is 0.288 e. The predicted octanol–water partition coefficient (Wildman–Crippen LogP) is 4.29. The van der Waals surface area contributed by atoms with Crippen molar-refractivity contribution in [2.45, 2.75) is 27.2 Å². The molecule has 0 fully saturated rings. The normalized spacial score (nSPS) is 11.9. The molecule has 0 radical (unpaired) electrons. The van der Waals surface area contributed by atoms with Gasteiger partial charge in [0.15, 0.2) is 0 Å². The lowest BCUT2D eigenvalue weighted by atomic mass is 10.1. The van der Waals surface area contributed by atoms with E-state index in [2.05, 4.69) is 26.1 Å². The first-order valence-corrected chi connectivity index (χ1v) is 7.16. The second-order valence-corrected chi connectivity index (χ2v) is 5.56. The van der Waals surface area contributed by atoms with Crippen LogP contribution in [-0.4, -0.2) is 18.0 Å². The molecule has 5 heteroatoms. The second kappa shape index (κ2) is 8.02. The van der Waals surface area contributed by atoms with Crippen molar-refractivity contribution in [2.75, 3.05) is 13.1 Å². The summed E-state index contributed by atoms with van der Waals surface area (Å²) < 4.78 is 0. The topological polar surface area (TPSA) is 55.2 Å². The average Bonchev–Trinajstić information content (AvgIpc) is 2.38. The Hall–Kier alpha value is -1.39. The third kappa shape index (κ3) is 5.31. The molecule has 0 aliphatic carbocycles. The lowest BCUT2D eigenvalue weighted by Crippen LogP contribution is -2.21. The molecule has 20 heavy (non-hydrogen) atoms. The van der Waals surface area contributed by atoms with E-state index in [-0.39, 0.29) is 10.7 Å². The van der Waals surface area contributed by atoms with Crippen LogP contribution in [0.25, 0.3) is 6.08 Å². The molecule has 0 spiro atoms. The van der Waals surface area contributed by atoms with Crippen molar-refractivity contribution in [1.82, 2.24) is 5.32 Å². The Balaban J connectivity index is 2.84. The molecule has 0 amide bonds. The summed E-state index contributed by atoms with van der Waals surface area (Å²) in [6, 6.07) is 4.88. The number of halogens is 1. The lowest BCUT2D eigenvalue weighted by Gasteiger charge is -2.09. The number of rotatable bonds is 7. The summed E-state index contributed by atoms with van der Waals surface area (Å²) in [5.41, 5.74) is 1.97. The molecule has 1 N–H and O–H groups in total. The Labute approximate surface area is 125 Å². The molecule has 1 aromatic carbocycles. The highest BCUT2D eigenvalue weighted by Crippen LogP contribution is 2.26. The molecule has 0 aromatic heterocycles. The minimum absolute atomic E-state index is 0.0500. The Morgan fingerprint density at radius 3 is 2.75 bits per heavy atom. The molecule has 0 unspecified atom stereocenters. The minimum Gasteiger partial charge on any atom is -0.313 e. The molecule has 110 valence electrons. The average molecular weight is 297 g/mol. The number of nitrogens with one attached hydrogen (secondary N) is 1. The number of nitro groups is 1. The third-order valence-corrected chi connectivity index (χ3v) is 3.22. The van der Waals surface area contributed by atoms with Gasteiger partial charge in [0.1, 0.15) is 5.02 Å². The monoisotopic (exact) mass is 296 g/mol. The van der Waals surface area contributed by atoms with E-state index >= 15 is 0 Å². The standard InChI is InChI=1S/C15H21ClN2O2/c1-4-12(10-17-9-11(2)3)7-13-5-6-14(16)15(8-13)18(19)20/h5-8,11,17H,4,9-10H2,1-3H3. The quantitative estimate of drug-likeness (QED) is 0.603. The molecule has 0 aliphatic heterocycles. The van der Waals surface area contributed by atoms with E-state index < -0.39 is 4.92 Å². The molecule has 0 bridgehead atoms. The molecule has 0 saturated carbocycles. The van der Waals surface area contributed by atoms with E-state index in [1.165, 1.54) is 11.6 Å². The van der Waals surface area contributed by atoms with Crippen molar-refractivity contribution >= 4 is 23.4 Å². The predicted molar refractivity (Wildman–Crippen MR) is 84.1 cm³/mol. The van der Waals surface area contributed by atoms with Gasteiger partial charge in [0.2, 0.25) is 0 Å². The molecular formula is C15H21ClN2O2. The first kappa shape index (κ1) is 16.7. The summed E-state index contributed by atoms with van der Waals surface area (Å²) in [5, 5.41) is 14.4. The van der Waals surface area contributed by atoms with Crippen molar-refractivity contribution in [3.8, 4) is 0 Å². The fourth-order valence-corrected chi connectivity index (χ4v) is 1.98. The fourth-order valence-electron chi connectivity index (χ4n) is 1.79. The van der Waals surface area contributed by atoms with E-state index in [0.29, 0.717) is 5.92 Å². The van der Waals surface area contributed by atoms with Crippen LogP contribution < -0.4 is 5.32 Å². The number of hydrogen-bond donors (Lipinski definition) is 1.